The maximum absolute atomic E-state index is 12.1. The van der Waals surface area contributed by atoms with Gasteiger partial charge >= 0.3 is 0 Å². The Labute approximate surface area is 114 Å². The smallest absolute Gasteiger partial charge is 0.278 e. The van der Waals surface area contributed by atoms with E-state index in [1.807, 2.05) is 13.0 Å². The van der Waals surface area contributed by atoms with E-state index in [2.05, 4.69) is 30.6 Å². The zero-order valence-electron chi connectivity index (χ0n) is 9.86. The molecule has 0 aliphatic carbocycles. The van der Waals surface area contributed by atoms with Crippen LogP contribution in [0.4, 0.5) is 5.69 Å². The summed E-state index contributed by atoms with van der Waals surface area (Å²) in [5.74, 6) is 0.557. The average molecular weight is 330 g/mol. The van der Waals surface area contributed by atoms with Crippen molar-refractivity contribution in [2.45, 2.75) is 18.9 Å². The first-order chi connectivity index (χ1) is 8.40. The van der Waals surface area contributed by atoms with Crippen LogP contribution in [-0.2, 0) is 10.0 Å². The number of benzene rings is 1. The third-order valence-electron chi connectivity index (χ3n) is 2.48. The summed E-state index contributed by atoms with van der Waals surface area (Å²) in [6.45, 7) is 3.53. The van der Waals surface area contributed by atoms with Crippen molar-refractivity contribution in [3.8, 4) is 0 Å². The molecule has 5 nitrogen and oxygen atoms in total. The van der Waals surface area contributed by atoms with Crippen molar-refractivity contribution < 1.29 is 8.42 Å². The van der Waals surface area contributed by atoms with Crippen LogP contribution < -0.4 is 4.72 Å². The number of hydrogen-bond acceptors (Lipinski definition) is 3. The summed E-state index contributed by atoms with van der Waals surface area (Å²) in [5.41, 5.74) is 1.37. The van der Waals surface area contributed by atoms with Crippen LogP contribution in [0.25, 0.3) is 0 Å². The summed E-state index contributed by atoms with van der Waals surface area (Å²) >= 11 is 3.36. The van der Waals surface area contributed by atoms with Crippen molar-refractivity contribution in [1.82, 2.24) is 9.97 Å². The first kappa shape index (κ1) is 13.1. The second-order valence-corrected chi connectivity index (χ2v) is 6.36. The number of aromatic nitrogens is 2. The van der Waals surface area contributed by atoms with Crippen molar-refractivity contribution in [3.05, 3.63) is 40.3 Å². The van der Waals surface area contributed by atoms with Gasteiger partial charge in [0, 0.05) is 4.47 Å². The number of imidazole rings is 1. The van der Waals surface area contributed by atoms with E-state index in [0.29, 0.717) is 11.5 Å². The number of rotatable bonds is 3. The standard InChI is InChI=1S/C11H12BrN3O2S/c1-7-9(12)4-3-5-10(7)15-18(16,17)11-6-13-8(2)14-11/h3-6,15H,1-2H3,(H,13,14). The predicted octanol–water partition coefficient (Wildman–Crippen LogP) is 2.59. The zero-order valence-corrected chi connectivity index (χ0v) is 12.3. The minimum absolute atomic E-state index is 0.0550. The fraction of sp³-hybridized carbons (Fsp3) is 0.182. The van der Waals surface area contributed by atoms with Gasteiger partial charge in [-0.3, -0.25) is 4.72 Å². The molecule has 0 aliphatic rings. The minimum atomic E-state index is -3.62. The number of sulfonamides is 1. The number of H-pyrrole nitrogens is 1. The van der Waals surface area contributed by atoms with Crippen LogP contribution in [0, 0.1) is 13.8 Å². The molecular weight excluding hydrogens is 318 g/mol. The number of aryl methyl sites for hydroxylation is 1. The largest absolute Gasteiger partial charge is 0.332 e. The molecule has 0 atom stereocenters. The molecule has 0 saturated heterocycles. The number of anilines is 1. The van der Waals surface area contributed by atoms with Crippen LogP contribution in [0.5, 0.6) is 0 Å². The van der Waals surface area contributed by atoms with Crippen molar-refractivity contribution in [2.75, 3.05) is 4.72 Å². The van der Waals surface area contributed by atoms with E-state index in [4.69, 9.17) is 0 Å². The number of nitrogens with one attached hydrogen (secondary N) is 2. The highest BCUT2D eigenvalue weighted by Crippen LogP contribution is 2.25. The second kappa shape index (κ2) is 4.74. The molecule has 18 heavy (non-hydrogen) atoms. The SMILES string of the molecule is Cc1ncc(S(=O)(=O)Nc2cccc(Br)c2C)[nH]1. The lowest BCUT2D eigenvalue weighted by Crippen LogP contribution is -2.14. The first-order valence-corrected chi connectivity index (χ1v) is 7.47. The molecule has 0 bridgehead atoms. The van der Waals surface area contributed by atoms with Crippen LogP contribution in [0.1, 0.15) is 11.4 Å². The van der Waals surface area contributed by atoms with Gasteiger partial charge in [0.25, 0.3) is 10.0 Å². The monoisotopic (exact) mass is 329 g/mol. The third kappa shape index (κ3) is 2.56. The Bertz CT molecular complexity index is 679. The highest BCUT2D eigenvalue weighted by atomic mass is 79.9. The molecule has 0 saturated carbocycles. The predicted molar refractivity (Wildman–Crippen MR) is 73.0 cm³/mol. The summed E-state index contributed by atoms with van der Waals surface area (Å²) in [6, 6.07) is 5.33. The lowest BCUT2D eigenvalue weighted by molar-refractivity contribution is 0.598. The van der Waals surface area contributed by atoms with Gasteiger partial charge in [-0.2, -0.15) is 8.42 Å². The number of halogens is 1. The van der Waals surface area contributed by atoms with Gasteiger partial charge in [0.05, 0.1) is 11.9 Å². The van der Waals surface area contributed by atoms with Crippen LogP contribution in [0.3, 0.4) is 0 Å². The molecule has 1 heterocycles. The fourth-order valence-corrected chi connectivity index (χ4v) is 2.91. The number of nitrogens with zero attached hydrogens (tertiary/aromatic N) is 1. The van der Waals surface area contributed by atoms with Gasteiger partial charge in [-0.05, 0) is 31.5 Å². The van der Waals surface area contributed by atoms with Crippen LogP contribution in [-0.4, -0.2) is 18.4 Å². The molecule has 0 fully saturated rings. The number of hydrogen-bond donors (Lipinski definition) is 2. The van der Waals surface area contributed by atoms with Gasteiger partial charge in [0.15, 0.2) is 5.03 Å². The highest BCUT2D eigenvalue weighted by molar-refractivity contribution is 9.10. The van der Waals surface area contributed by atoms with E-state index in [1.165, 1.54) is 6.20 Å². The molecule has 2 rings (SSSR count). The molecule has 2 aromatic rings. The van der Waals surface area contributed by atoms with E-state index in [9.17, 15) is 8.42 Å². The van der Waals surface area contributed by atoms with Crippen molar-refractivity contribution in [1.29, 1.82) is 0 Å². The zero-order chi connectivity index (χ0) is 13.3. The van der Waals surface area contributed by atoms with Crippen molar-refractivity contribution in [2.24, 2.45) is 0 Å². The minimum Gasteiger partial charge on any atom is -0.332 e. The molecule has 1 aromatic carbocycles. The van der Waals surface area contributed by atoms with E-state index in [-0.39, 0.29) is 5.03 Å². The van der Waals surface area contributed by atoms with Gasteiger partial charge in [-0.1, -0.05) is 22.0 Å². The van der Waals surface area contributed by atoms with Gasteiger partial charge in [-0.25, -0.2) is 4.98 Å². The topological polar surface area (TPSA) is 74.8 Å². The Kier molecular flexibility index (Phi) is 3.45. The molecule has 0 radical (unpaired) electrons. The molecule has 0 amide bonds. The lowest BCUT2D eigenvalue weighted by atomic mass is 10.2. The molecule has 1 aromatic heterocycles. The molecule has 7 heteroatoms. The normalized spacial score (nSPS) is 11.5. The first-order valence-electron chi connectivity index (χ1n) is 5.20. The molecule has 0 spiro atoms. The van der Waals surface area contributed by atoms with Crippen LogP contribution in [0.15, 0.2) is 33.9 Å². The Morgan fingerprint density at radius 3 is 2.67 bits per heavy atom. The lowest BCUT2D eigenvalue weighted by Gasteiger charge is -2.10. The Morgan fingerprint density at radius 1 is 1.33 bits per heavy atom. The summed E-state index contributed by atoms with van der Waals surface area (Å²) in [4.78, 5) is 6.58. The second-order valence-electron chi connectivity index (χ2n) is 3.85. The summed E-state index contributed by atoms with van der Waals surface area (Å²) < 4.78 is 27.5. The summed E-state index contributed by atoms with van der Waals surface area (Å²) in [7, 11) is -3.62. The van der Waals surface area contributed by atoms with Gasteiger partial charge in [0.1, 0.15) is 5.82 Å². The van der Waals surface area contributed by atoms with Crippen LogP contribution >= 0.6 is 15.9 Å². The van der Waals surface area contributed by atoms with E-state index < -0.39 is 10.0 Å². The molecule has 2 N–H and O–H groups in total. The fourth-order valence-electron chi connectivity index (χ4n) is 1.45. The quantitative estimate of drug-likeness (QED) is 0.908. The van der Waals surface area contributed by atoms with E-state index in [0.717, 1.165) is 10.0 Å². The van der Waals surface area contributed by atoms with Crippen LogP contribution in [0.2, 0.25) is 0 Å². The van der Waals surface area contributed by atoms with E-state index >= 15 is 0 Å². The maximum atomic E-state index is 12.1. The van der Waals surface area contributed by atoms with Crippen molar-refractivity contribution in [3.63, 3.8) is 0 Å². The number of aromatic amines is 1. The maximum Gasteiger partial charge on any atom is 0.278 e. The Hall–Kier alpha value is -1.34. The van der Waals surface area contributed by atoms with Crippen molar-refractivity contribution >= 4 is 31.6 Å². The molecule has 0 unspecified atom stereocenters. The summed E-state index contributed by atoms with van der Waals surface area (Å²) in [6.07, 6.45) is 1.30. The average Bonchev–Trinajstić information content (AvgIpc) is 2.72. The molecule has 96 valence electrons. The Balaban J connectivity index is 2.37. The Morgan fingerprint density at radius 2 is 2.06 bits per heavy atom. The van der Waals surface area contributed by atoms with Gasteiger partial charge in [0.2, 0.25) is 0 Å². The highest BCUT2D eigenvalue weighted by Gasteiger charge is 2.17. The van der Waals surface area contributed by atoms with E-state index in [1.54, 1.807) is 19.1 Å². The molecule has 0 aliphatic heterocycles. The van der Waals surface area contributed by atoms with Gasteiger partial charge < -0.3 is 4.98 Å². The van der Waals surface area contributed by atoms with Gasteiger partial charge in [-0.15, -0.1) is 0 Å². The summed E-state index contributed by atoms with van der Waals surface area (Å²) in [5, 5.41) is 0.0550. The molecular formula is C11H12BrN3O2S. The third-order valence-corrected chi connectivity index (χ3v) is 4.62.